The Bertz CT molecular complexity index is 760. The summed E-state index contributed by atoms with van der Waals surface area (Å²) >= 11 is 0. The van der Waals surface area contributed by atoms with Gasteiger partial charge >= 0.3 is 11.3 Å². The number of aromatic nitrogens is 2. The Labute approximate surface area is 114 Å². The van der Waals surface area contributed by atoms with Crippen molar-refractivity contribution in [3.05, 3.63) is 42.9 Å². The molecule has 6 heteroatoms. The monoisotopic (exact) mass is 278 g/mol. The molecule has 2 heterocycles. The van der Waals surface area contributed by atoms with Crippen molar-refractivity contribution in [2.45, 2.75) is 39.5 Å². The standard InChI is InChI=1S/C14H18N2O4/c1-3-8(4-2)5-6-9-7-10(17)20-13-11(9)12(18)15-14(19)16-13/h7-8H,3-6H2,1-2H3,(H2,15,16,18,19). The van der Waals surface area contributed by atoms with E-state index < -0.39 is 16.9 Å². The first-order valence-corrected chi connectivity index (χ1v) is 6.84. The molecule has 2 aromatic heterocycles. The molecule has 0 unspecified atom stereocenters. The van der Waals surface area contributed by atoms with Gasteiger partial charge in [-0.15, -0.1) is 0 Å². The highest BCUT2D eigenvalue weighted by Crippen LogP contribution is 2.18. The van der Waals surface area contributed by atoms with E-state index in [0.29, 0.717) is 17.9 Å². The van der Waals surface area contributed by atoms with Crippen molar-refractivity contribution in [2.24, 2.45) is 5.92 Å². The first-order valence-electron chi connectivity index (χ1n) is 6.84. The van der Waals surface area contributed by atoms with Crippen molar-refractivity contribution in [1.29, 1.82) is 0 Å². The summed E-state index contributed by atoms with van der Waals surface area (Å²) in [5, 5.41) is 0.259. The third kappa shape index (κ3) is 2.89. The second-order valence-corrected chi connectivity index (χ2v) is 4.92. The summed E-state index contributed by atoms with van der Waals surface area (Å²) in [4.78, 5) is 39.1. The molecule has 2 rings (SSSR count). The first-order chi connectivity index (χ1) is 9.55. The van der Waals surface area contributed by atoms with E-state index in [-0.39, 0.29) is 11.1 Å². The molecule has 0 aliphatic heterocycles. The molecule has 2 N–H and O–H groups in total. The number of fused-ring (bicyclic) bond motifs is 1. The van der Waals surface area contributed by atoms with Crippen LogP contribution in [0.25, 0.3) is 11.1 Å². The summed E-state index contributed by atoms with van der Waals surface area (Å²) in [6.45, 7) is 4.24. The Hall–Kier alpha value is -2.11. The normalized spacial score (nSPS) is 11.3. The fraction of sp³-hybridized carbons (Fsp3) is 0.500. The van der Waals surface area contributed by atoms with E-state index >= 15 is 0 Å². The largest absolute Gasteiger partial charge is 0.405 e. The predicted octanol–water partition coefficient (Wildman–Crippen LogP) is 1.54. The van der Waals surface area contributed by atoms with Gasteiger partial charge in [0.15, 0.2) is 0 Å². The zero-order valence-corrected chi connectivity index (χ0v) is 11.6. The van der Waals surface area contributed by atoms with E-state index in [2.05, 4.69) is 23.8 Å². The molecular formula is C14H18N2O4. The molecule has 0 radical (unpaired) electrons. The van der Waals surface area contributed by atoms with Crippen LogP contribution >= 0.6 is 0 Å². The number of rotatable bonds is 5. The molecule has 0 atom stereocenters. The average molecular weight is 278 g/mol. The maximum absolute atomic E-state index is 11.9. The van der Waals surface area contributed by atoms with Gasteiger partial charge in [-0.25, -0.2) is 9.59 Å². The number of H-pyrrole nitrogens is 2. The zero-order chi connectivity index (χ0) is 14.7. The van der Waals surface area contributed by atoms with Gasteiger partial charge in [0.2, 0.25) is 5.71 Å². The van der Waals surface area contributed by atoms with E-state index in [4.69, 9.17) is 4.42 Å². The molecule has 0 spiro atoms. The van der Waals surface area contributed by atoms with Crippen LogP contribution in [-0.4, -0.2) is 9.97 Å². The molecule has 0 aromatic carbocycles. The van der Waals surface area contributed by atoms with Gasteiger partial charge in [0, 0.05) is 6.07 Å². The van der Waals surface area contributed by atoms with Crippen molar-refractivity contribution in [1.82, 2.24) is 9.97 Å². The molecule has 0 bridgehead atoms. The van der Waals surface area contributed by atoms with Gasteiger partial charge in [-0.05, 0) is 24.3 Å². The van der Waals surface area contributed by atoms with Gasteiger partial charge in [-0.1, -0.05) is 26.7 Å². The van der Waals surface area contributed by atoms with Crippen LogP contribution in [0.1, 0.15) is 38.7 Å². The summed E-state index contributed by atoms with van der Waals surface area (Å²) in [5.41, 5.74) is -1.18. The van der Waals surface area contributed by atoms with Crippen LogP contribution in [0.4, 0.5) is 0 Å². The van der Waals surface area contributed by atoms with Crippen LogP contribution in [-0.2, 0) is 6.42 Å². The van der Waals surface area contributed by atoms with Gasteiger partial charge in [-0.2, -0.15) is 0 Å². The predicted molar refractivity (Wildman–Crippen MR) is 76.1 cm³/mol. The van der Waals surface area contributed by atoms with E-state index in [1.165, 1.54) is 6.07 Å². The fourth-order valence-electron chi connectivity index (χ4n) is 2.43. The van der Waals surface area contributed by atoms with Crippen LogP contribution in [0.2, 0.25) is 0 Å². The van der Waals surface area contributed by atoms with Crippen molar-refractivity contribution < 1.29 is 4.42 Å². The molecule has 0 saturated heterocycles. The maximum atomic E-state index is 11.9. The topological polar surface area (TPSA) is 95.9 Å². The minimum absolute atomic E-state index is 0.0502. The highest BCUT2D eigenvalue weighted by molar-refractivity contribution is 5.75. The van der Waals surface area contributed by atoms with Crippen LogP contribution < -0.4 is 16.9 Å². The number of hydrogen-bond acceptors (Lipinski definition) is 4. The Morgan fingerprint density at radius 1 is 1.15 bits per heavy atom. The third-order valence-electron chi connectivity index (χ3n) is 3.70. The molecule has 0 aliphatic rings. The highest BCUT2D eigenvalue weighted by atomic mass is 16.4. The van der Waals surface area contributed by atoms with Gasteiger partial charge in [0.1, 0.15) is 5.39 Å². The van der Waals surface area contributed by atoms with E-state index in [9.17, 15) is 14.4 Å². The summed E-state index contributed by atoms with van der Waals surface area (Å²) < 4.78 is 4.89. The van der Waals surface area contributed by atoms with Gasteiger partial charge < -0.3 is 4.42 Å². The van der Waals surface area contributed by atoms with Crippen LogP contribution in [0.5, 0.6) is 0 Å². The molecule has 0 aliphatic carbocycles. The number of hydrogen-bond donors (Lipinski definition) is 2. The van der Waals surface area contributed by atoms with E-state index in [1.54, 1.807) is 0 Å². The Morgan fingerprint density at radius 3 is 2.50 bits per heavy atom. The molecule has 20 heavy (non-hydrogen) atoms. The van der Waals surface area contributed by atoms with Gasteiger partial charge in [0.25, 0.3) is 5.56 Å². The van der Waals surface area contributed by atoms with Crippen molar-refractivity contribution >= 4 is 11.1 Å². The van der Waals surface area contributed by atoms with Crippen molar-refractivity contribution in [3.8, 4) is 0 Å². The van der Waals surface area contributed by atoms with Crippen molar-refractivity contribution in [3.63, 3.8) is 0 Å². The lowest BCUT2D eigenvalue weighted by Gasteiger charge is -2.12. The quantitative estimate of drug-likeness (QED) is 0.867. The van der Waals surface area contributed by atoms with Crippen molar-refractivity contribution in [2.75, 3.05) is 0 Å². The second-order valence-electron chi connectivity index (χ2n) is 4.92. The van der Waals surface area contributed by atoms with Crippen LogP contribution in [0.3, 0.4) is 0 Å². The van der Waals surface area contributed by atoms with Gasteiger partial charge in [-0.3, -0.25) is 14.8 Å². The van der Waals surface area contributed by atoms with E-state index in [1.807, 2.05) is 0 Å². The molecule has 0 saturated carbocycles. The summed E-state index contributed by atoms with van der Waals surface area (Å²) in [6, 6.07) is 1.33. The van der Waals surface area contributed by atoms with Crippen LogP contribution in [0, 0.1) is 5.92 Å². The van der Waals surface area contributed by atoms with E-state index in [0.717, 1.165) is 19.3 Å². The first kappa shape index (κ1) is 14.3. The molecule has 108 valence electrons. The minimum atomic E-state index is -0.678. The summed E-state index contributed by atoms with van der Waals surface area (Å²) in [5.74, 6) is 0.555. The second kappa shape index (κ2) is 5.90. The third-order valence-corrected chi connectivity index (χ3v) is 3.70. The Balaban J connectivity index is 2.50. The molecular weight excluding hydrogens is 260 g/mol. The SMILES string of the molecule is CCC(CC)CCc1cc(=O)oc2[nH]c(=O)[nH]c(=O)c12. The van der Waals surface area contributed by atoms with Crippen LogP contribution in [0.15, 0.2) is 24.9 Å². The maximum Gasteiger partial charge on any atom is 0.337 e. The minimum Gasteiger partial charge on any atom is -0.405 e. The highest BCUT2D eigenvalue weighted by Gasteiger charge is 2.12. The number of aryl methyl sites for hydroxylation is 1. The summed E-state index contributed by atoms with van der Waals surface area (Å²) in [6.07, 6.45) is 3.62. The smallest absolute Gasteiger partial charge is 0.337 e. The number of nitrogens with one attached hydrogen (secondary N) is 2. The van der Waals surface area contributed by atoms with Gasteiger partial charge in [0.05, 0.1) is 0 Å². The Kier molecular flexibility index (Phi) is 4.22. The molecule has 6 nitrogen and oxygen atoms in total. The average Bonchev–Trinajstić information content (AvgIpc) is 2.38. The lowest BCUT2D eigenvalue weighted by Crippen LogP contribution is -2.24. The number of aromatic amines is 2. The Morgan fingerprint density at radius 2 is 1.85 bits per heavy atom. The lowest BCUT2D eigenvalue weighted by atomic mass is 9.94. The zero-order valence-electron chi connectivity index (χ0n) is 11.6. The molecule has 0 fully saturated rings. The lowest BCUT2D eigenvalue weighted by molar-refractivity contribution is 0.455. The molecule has 0 amide bonds. The molecule has 2 aromatic rings. The summed E-state index contributed by atoms with van der Waals surface area (Å²) in [7, 11) is 0. The fourth-order valence-corrected chi connectivity index (χ4v) is 2.43.